The minimum absolute atomic E-state index is 0.330. The van der Waals surface area contributed by atoms with E-state index in [9.17, 15) is 0 Å². The van der Waals surface area contributed by atoms with Gasteiger partial charge in [-0.1, -0.05) is 12.1 Å². The molecule has 0 bridgehead atoms. The molecule has 3 rings (SSSR count). The number of ether oxygens (including phenoxy) is 2. The third kappa shape index (κ3) is 4.35. The van der Waals surface area contributed by atoms with E-state index in [4.69, 9.17) is 9.47 Å². The maximum atomic E-state index is 5.51. The van der Waals surface area contributed by atoms with Crippen LogP contribution in [0.4, 0.5) is 0 Å². The molecule has 0 amide bonds. The van der Waals surface area contributed by atoms with Gasteiger partial charge < -0.3 is 14.8 Å². The van der Waals surface area contributed by atoms with Gasteiger partial charge >= 0.3 is 0 Å². The van der Waals surface area contributed by atoms with Crippen LogP contribution in [0.5, 0.6) is 5.75 Å². The molecular formula is C18H26N4O2. The molecule has 0 aliphatic carbocycles. The highest BCUT2D eigenvalue weighted by atomic mass is 16.5. The Bertz CT molecular complexity index is 620. The van der Waals surface area contributed by atoms with Crippen LogP contribution >= 0.6 is 0 Å². The highest BCUT2D eigenvalue weighted by Gasteiger charge is 2.22. The van der Waals surface area contributed by atoms with E-state index in [2.05, 4.69) is 27.4 Å². The number of nitrogens with one attached hydrogen (secondary N) is 1. The average Bonchev–Trinajstić information content (AvgIpc) is 3.05. The number of hydrogen-bond donors (Lipinski definition) is 1. The molecule has 1 atom stereocenters. The van der Waals surface area contributed by atoms with Gasteiger partial charge in [0.1, 0.15) is 5.75 Å². The zero-order valence-corrected chi connectivity index (χ0v) is 14.4. The van der Waals surface area contributed by atoms with E-state index in [1.54, 1.807) is 7.11 Å². The molecule has 2 heterocycles. The molecule has 1 fully saturated rings. The Morgan fingerprint density at radius 2 is 2.00 bits per heavy atom. The van der Waals surface area contributed by atoms with E-state index in [1.165, 1.54) is 11.1 Å². The first-order chi connectivity index (χ1) is 11.8. The minimum atomic E-state index is 0.330. The Hall–Kier alpha value is -1.89. The van der Waals surface area contributed by atoms with Gasteiger partial charge in [-0.25, -0.2) is 0 Å². The maximum Gasteiger partial charge on any atom is 0.118 e. The van der Waals surface area contributed by atoms with Gasteiger partial charge in [-0.05, 0) is 17.7 Å². The molecule has 6 heteroatoms. The van der Waals surface area contributed by atoms with Crippen LogP contribution in [0.1, 0.15) is 17.2 Å². The Labute approximate surface area is 143 Å². The molecule has 130 valence electrons. The molecule has 1 aliphatic rings. The molecule has 1 unspecified atom stereocenters. The fourth-order valence-corrected chi connectivity index (χ4v) is 3.09. The Balaban J connectivity index is 1.66. The lowest BCUT2D eigenvalue weighted by atomic mass is 10.0. The van der Waals surface area contributed by atoms with Crippen molar-refractivity contribution in [3.63, 3.8) is 0 Å². The van der Waals surface area contributed by atoms with E-state index in [-0.39, 0.29) is 0 Å². The molecule has 1 saturated heterocycles. The Kier molecular flexibility index (Phi) is 5.85. The Morgan fingerprint density at radius 3 is 2.62 bits per heavy atom. The summed E-state index contributed by atoms with van der Waals surface area (Å²) in [5.41, 5.74) is 2.50. The number of aryl methyl sites for hydroxylation is 1. The van der Waals surface area contributed by atoms with Crippen LogP contribution < -0.4 is 10.1 Å². The zero-order valence-electron chi connectivity index (χ0n) is 14.4. The molecule has 1 aromatic carbocycles. The average molecular weight is 330 g/mol. The number of rotatable bonds is 7. The molecule has 1 N–H and O–H groups in total. The second kappa shape index (κ2) is 8.28. The molecule has 1 aromatic heterocycles. The smallest absolute Gasteiger partial charge is 0.118 e. The molecule has 0 spiro atoms. The first kappa shape index (κ1) is 17.0. The highest BCUT2D eigenvalue weighted by Crippen LogP contribution is 2.23. The lowest BCUT2D eigenvalue weighted by Gasteiger charge is -2.35. The van der Waals surface area contributed by atoms with Gasteiger partial charge in [-0.15, -0.1) is 0 Å². The summed E-state index contributed by atoms with van der Waals surface area (Å²) < 4.78 is 12.6. The van der Waals surface area contributed by atoms with E-state index < -0.39 is 0 Å². The molecular weight excluding hydrogens is 304 g/mol. The van der Waals surface area contributed by atoms with E-state index >= 15 is 0 Å². The predicted molar refractivity (Wildman–Crippen MR) is 93.0 cm³/mol. The quantitative estimate of drug-likeness (QED) is 0.835. The fraction of sp³-hybridized carbons (Fsp3) is 0.500. The van der Waals surface area contributed by atoms with Gasteiger partial charge in [0, 0.05) is 51.0 Å². The van der Waals surface area contributed by atoms with Crippen molar-refractivity contribution in [2.24, 2.45) is 7.05 Å². The fourth-order valence-electron chi connectivity index (χ4n) is 3.09. The predicted octanol–water partition coefficient (Wildman–Crippen LogP) is 1.59. The lowest BCUT2D eigenvalue weighted by Crippen LogP contribution is -2.42. The Morgan fingerprint density at radius 1 is 1.25 bits per heavy atom. The second-order valence-electron chi connectivity index (χ2n) is 6.09. The molecule has 0 radical (unpaired) electrons. The van der Waals surface area contributed by atoms with Crippen LogP contribution in [0.2, 0.25) is 0 Å². The maximum absolute atomic E-state index is 5.51. The number of benzene rings is 1. The highest BCUT2D eigenvalue weighted by molar-refractivity contribution is 5.29. The second-order valence-corrected chi connectivity index (χ2v) is 6.09. The number of nitrogens with zero attached hydrogens (tertiary/aromatic N) is 3. The van der Waals surface area contributed by atoms with Gasteiger partial charge in [0.25, 0.3) is 0 Å². The normalized spacial score (nSPS) is 16.9. The van der Waals surface area contributed by atoms with Gasteiger partial charge in [-0.2, -0.15) is 5.10 Å². The van der Waals surface area contributed by atoms with Crippen molar-refractivity contribution in [2.45, 2.75) is 12.6 Å². The van der Waals surface area contributed by atoms with Crippen molar-refractivity contribution < 1.29 is 9.47 Å². The first-order valence-electron chi connectivity index (χ1n) is 8.40. The summed E-state index contributed by atoms with van der Waals surface area (Å²) in [4.78, 5) is 2.49. The summed E-state index contributed by atoms with van der Waals surface area (Å²) >= 11 is 0. The van der Waals surface area contributed by atoms with Gasteiger partial charge in [-0.3, -0.25) is 9.58 Å². The van der Waals surface area contributed by atoms with Gasteiger partial charge in [0.2, 0.25) is 0 Å². The topological polar surface area (TPSA) is 51.5 Å². The summed E-state index contributed by atoms with van der Waals surface area (Å²) in [7, 11) is 3.64. The van der Waals surface area contributed by atoms with Crippen LogP contribution in [0, 0.1) is 0 Å². The van der Waals surface area contributed by atoms with Crippen molar-refractivity contribution in [1.29, 1.82) is 0 Å². The van der Waals surface area contributed by atoms with Gasteiger partial charge in [0.05, 0.1) is 26.5 Å². The lowest BCUT2D eigenvalue weighted by molar-refractivity contribution is 0.0161. The van der Waals surface area contributed by atoms with Crippen LogP contribution in [0.25, 0.3) is 0 Å². The van der Waals surface area contributed by atoms with Crippen LogP contribution in [-0.2, 0) is 18.3 Å². The molecule has 1 aliphatic heterocycles. The number of hydrogen-bond acceptors (Lipinski definition) is 5. The minimum Gasteiger partial charge on any atom is -0.497 e. The SMILES string of the molecule is COc1ccc(C(CNCc2cnn(C)c2)N2CCOCC2)cc1. The van der Waals surface area contributed by atoms with E-state index in [0.29, 0.717) is 6.04 Å². The van der Waals surface area contributed by atoms with Crippen LogP contribution in [0.15, 0.2) is 36.7 Å². The number of aromatic nitrogens is 2. The third-order valence-electron chi connectivity index (χ3n) is 4.41. The van der Waals surface area contributed by atoms with Crippen molar-refractivity contribution >= 4 is 0 Å². The third-order valence-corrected chi connectivity index (χ3v) is 4.41. The van der Waals surface area contributed by atoms with Gasteiger partial charge in [0.15, 0.2) is 0 Å². The number of morpholine rings is 1. The van der Waals surface area contributed by atoms with Crippen molar-refractivity contribution in [2.75, 3.05) is 40.0 Å². The molecule has 24 heavy (non-hydrogen) atoms. The number of methoxy groups -OCH3 is 1. The zero-order chi connectivity index (χ0) is 16.8. The van der Waals surface area contributed by atoms with E-state index in [0.717, 1.165) is 45.1 Å². The van der Waals surface area contributed by atoms with Crippen LogP contribution in [-0.4, -0.2) is 54.6 Å². The summed E-state index contributed by atoms with van der Waals surface area (Å²) in [5, 5.41) is 7.79. The molecule has 6 nitrogen and oxygen atoms in total. The molecule has 0 saturated carbocycles. The van der Waals surface area contributed by atoms with Crippen molar-refractivity contribution in [3.05, 3.63) is 47.8 Å². The largest absolute Gasteiger partial charge is 0.497 e. The first-order valence-corrected chi connectivity index (χ1v) is 8.40. The summed E-state index contributed by atoms with van der Waals surface area (Å²) in [6.45, 7) is 5.24. The summed E-state index contributed by atoms with van der Waals surface area (Å²) in [6, 6.07) is 8.71. The van der Waals surface area contributed by atoms with Crippen LogP contribution in [0.3, 0.4) is 0 Å². The monoisotopic (exact) mass is 330 g/mol. The van der Waals surface area contributed by atoms with E-state index in [1.807, 2.05) is 36.3 Å². The standard InChI is InChI=1S/C18H26N4O2/c1-21-14-15(12-20-21)11-19-13-18(22-7-9-24-10-8-22)16-3-5-17(23-2)6-4-16/h3-6,12,14,18-19H,7-11,13H2,1-2H3. The van der Waals surface area contributed by atoms with Crippen molar-refractivity contribution in [1.82, 2.24) is 20.0 Å². The van der Waals surface area contributed by atoms with Crippen molar-refractivity contribution in [3.8, 4) is 5.75 Å². The summed E-state index contributed by atoms with van der Waals surface area (Å²) in [6.07, 6.45) is 3.95. The molecule has 2 aromatic rings. The summed E-state index contributed by atoms with van der Waals surface area (Å²) in [5.74, 6) is 0.891.